The van der Waals surface area contributed by atoms with Crippen LogP contribution in [0.15, 0.2) is 36.9 Å². The quantitative estimate of drug-likeness (QED) is 0.801. The Labute approximate surface area is 127 Å². The van der Waals surface area contributed by atoms with E-state index < -0.39 is 0 Å². The molecular weight excluding hydrogens is 282 g/mol. The first-order valence-electron chi connectivity index (χ1n) is 6.79. The van der Waals surface area contributed by atoms with Gasteiger partial charge in [0.2, 0.25) is 0 Å². The Bertz CT molecular complexity index is 732. The van der Waals surface area contributed by atoms with Crippen LogP contribution in [0.4, 0.5) is 5.69 Å². The Morgan fingerprint density at radius 1 is 1.24 bits per heavy atom. The summed E-state index contributed by atoms with van der Waals surface area (Å²) in [6.45, 7) is 6.28. The molecule has 0 saturated heterocycles. The van der Waals surface area contributed by atoms with Crippen molar-refractivity contribution >= 4 is 17.0 Å². The molecule has 3 rings (SSSR count). The molecule has 3 aromatic rings. The second-order valence-corrected chi connectivity index (χ2v) is 6.30. The molecule has 5 nitrogen and oxygen atoms in total. The lowest BCUT2D eigenvalue weighted by atomic mass is 10.2. The maximum atomic E-state index is 4.62. The van der Waals surface area contributed by atoms with Gasteiger partial charge in [0.1, 0.15) is 12.7 Å². The molecular formula is C15H17N5S. The minimum atomic E-state index is 0.139. The summed E-state index contributed by atoms with van der Waals surface area (Å²) < 4.78 is 1.76. The number of nitrogens with one attached hydrogen (secondary N) is 1. The zero-order chi connectivity index (χ0) is 14.8. The molecule has 1 N–H and O–H groups in total. The molecule has 0 fully saturated rings. The van der Waals surface area contributed by atoms with Crippen LogP contribution in [-0.2, 0) is 0 Å². The highest BCUT2D eigenvalue weighted by molar-refractivity contribution is 7.11. The van der Waals surface area contributed by atoms with Gasteiger partial charge < -0.3 is 5.32 Å². The van der Waals surface area contributed by atoms with E-state index in [0.717, 1.165) is 22.1 Å². The highest BCUT2D eigenvalue weighted by Crippen LogP contribution is 2.28. The van der Waals surface area contributed by atoms with Gasteiger partial charge in [0, 0.05) is 4.88 Å². The third-order valence-corrected chi connectivity index (χ3v) is 4.19. The van der Waals surface area contributed by atoms with Crippen LogP contribution in [-0.4, -0.2) is 19.7 Å². The summed E-state index contributed by atoms with van der Waals surface area (Å²) in [6.07, 6.45) is 3.23. The molecule has 0 aliphatic heterocycles. The van der Waals surface area contributed by atoms with Crippen molar-refractivity contribution < 1.29 is 0 Å². The van der Waals surface area contributed by atoms with Crippen LogP contribution in [0, 0.1) is 13.8 Å². The molecule has 0 bridgehead atoms. The van der Waals surface area contributed by atoms with E-state index in [1.807, 2.05) is 31.2 Å². The van der Waals surface area contributed by atoms with Crippen LogP contribution in [0.5, 0.6) is 0 Å². The second kappa shape index (κ2) is 5.65. The first kappa shape index (κ1) is 13.8. The summed E-state index contributed by atoms with van der Waals surface area (Å²) in [5.41, 5.74) is 3.10. The Morgan fingerprint density at radius 3 is 2.71 bits per heavy atom. The average Bonchev–Trinajstić information content (AvgIpc) is 3.09. The first-order chi connectivity index (χ1) is 10.1. The summed E-state index contributed by atoms with van der Waals surface area (Å²) in [5, 5.41) is 8.82. The monoisotopic (exact) mass is 299 g/mol. The van der Waals surface area contributed by atoms with Crippen molar-refractivity contribution in [3.63, 3.8) is 0 Å². The van der Waals surface area contributed by atoms with E-state index in [-0.39, 0.29) is 6.04 Å². The van der Waals surface area contributed by atoms with Gasteiger partial charge in [0.05, 0.1) is 28.1 Å². The van der Waals surface area contributed by atoms with Crippen LogP contribution < -0.4 is 5.32 Å². The van der Waals surface area contributed by atoms with Crippen LogP contribution in [0.1, 0.15) is 28.5 Å². The molecule has 0 saturated carbocycles. The van der Waals surface area contributed by atoms with E-state index in [4.69, 9.17) is 0 Å². The Morgan fingerprint density at radius 2 is 2.05 bits per heavy atom. The summed E-state index contributed by atoms with van der Waals surface area (Å²) in [6, 6.07) is 8.20. The van der Waals surface area contributed by atoms with Gasteiger partial charge >= 0.3 is 0 Å². The van der Waals surface area contributed by atoms with Crippen molar-refractivity contribution in [3.8, 4) is 5.69 Å². The molecule has 1 unspecified atom stereocenters. The minimum absolute atomic E-state index is 0.139. The number of hydrogen-bond donors (Lipinski definition) is 1. The topological polar surface area (TPSA) is 55.6 Å². The summed E-state index contributed by atoms with van der Waals surface area (Å²) in [4.78, 5) is 9.88. The zero-order valence-corrected chi connectivity index (χ0v) is 13.1. The van der Waals surface area contributed by atoms with Crippen LogP contribution >= 0.6 is 11.3 Å². The van der Waals surface area contributed by atoms with Gasteiger partial charge in [-0.15, -0.1) is 11.3 Å². The predicted molar refractivity (Wildman–Crippen MR) is 85.0 cm³/mol. The van der Waals surface area contributed by atoms with E-state index in [9.17, 15) is 0 Å². The van der Waals surface area contributed by atoms with Crippen molar-refractivity contribution in [2.75, 3.05) is 5.32 Å². The Kier molecular flexibility index (Phi) is 3.70. The number of nitrogens with zero attached hydrogens (tertiary/aromatic N) is 4. The normalized spacial score (nSPS) is 12.3. The number of para-hydroxylation sites is 2. The maximum absolute atomic E-state index is 4.62. The molecule has 0 radical (unpaired) electrons. The van der Waals surface area contributed by atoms with Crippen LogP contribution in [0.2, 0.25) is 0 Å². The third-order valence-electron chi connectivity index (χ3n) is 3.29. The lowest BCUT2D eigenvalue weighted by Crippen LogP contribution is -2.11. The molecule has 108 valence electrons. The number of benzene rings is 1. The molecule has 2 aromatic heterocycles. The van der Waals surface area contributed by atoms with Crippen LogP contribution in [0.25, 0.3) is 5.69 Å². The lowest BCUT2D eigenvalue weighted by Gasteiger charge is -2.17. The molecule has 1 aromatic carbocycles. The van der Waals surface area contributed by atoms with E-state index in [0.29, 0.717) is 0 Å². The highest BCUT2D eigenvalue weighted by Gasteiger charge is 2.14. The Hall–Kier alpha value is -2.21. The number of aryl methyl sites for hydroxylation is 2. The van der Waals surface area contributed by atoms with E-state index in [2.05, 4.69) is 34.2 Å². The van der Waals surface area contributed by atoms with Gasteiger partial charge in [-0.2, -0.15) is 5.10 Å². The third kappa shape index (κ3) is 2.80. The van der Waals surface area contributed by atoms with Gasteiger partial charge in [-0.05, 0) is 32.9 Å². The zero-order valence-electron chi connectivity index (χ0n) is 12.2. The van der Waals surface area contributed by atoms with E-state index >= 15 is 0 Å². The summed E-state index contributed by atoms with van der Waals surface area (Å²) >= 11 is 1.73. The smallest absolute Gasteiger partial charge is 0.138 e. The molecule has 2 heterocycles. The number of aromatic nitrogens is 4. The van der Waals surface area contributed by atoms with Gasteiger partial charge in [0.15, 0.2) is 0 Å². The maximum Gasteiger partial charge on any atom is 0.138 e. The fraction of sp³-hybridized carbons (Fsp3) is 0.267. The van der Waals surface area contributed by atoms with E-state index in [1.54, 1.807) is 22.3 Å². The fourth-order valence-electron chi connectivity index (χ4n) is 2.38. The summed E-state index contributed by atoms with van der Waals surface area (Å²) in [7, 11) is 0. The molecule has 0 aliphatic carbocycles. The van der Waals surface area contributed by atoms with Gasteiger partial charge in [-0.1, -0.05) is 12.1 Å². The highest BCUT2D eigenvalue weighted by atomic mass is 32.1. The molecule has 1 atom stereocenters. The van der Waals surface area contributed by atoms with Gasteiger partial charge in [-0.25, -0.2) is 14.6 Å². The van der Waals surface area contributed by atoms with Crippen molar-refractivity contribution in [1.82, 2.24) is 19.7 Å². The average molecular weight is 299 g/mol. The molecule has 21 heavy (non-hydrogen) atoms. The van der Waals surface area contributed by atoms with Gasteiger partial charge in [0.25, 0.3) is 0 Å². The van der Waals surface area contributed by atoms with E-state index in [1.165, 1.54) is 11.2 Å². The molecule has 6 heteroatoms. The Balaban J connectivity index is 1.90. The molecule has 0 aliphatic rings. The lowest BCUT2D eigenvalue weighted by molar-refractivity contribution is 0.824. The number of hydrogen-bond acceptors (Lipinski definition) is 5. The SMILES string of the molecule is Cc1nc(C(C)Nc2ccccc2-n2cncn2)c(C)s1. The fourth-order valence-corrected chi connectivity index (χ4v) is 3.29. The second-order valence-electron chi connectivity index (χ2n) is 4.90. The predicted octanol–water partition coefficient (Wildman–Crippen LogP) is 3.51. The van der Waals surface area contributed by atoms with Crippen molar-refractivity contribution in [2.24, 2.45) is 0 Å². The van der Waals surface area contributed by atoms with Crippen molar-refractivity contribution in [1.29, 1.82) is 0 Å². The molecule has 0 amide bonds. The first-order valence-corrected chi connectivity index (χ1v) is 7.61. The standard InChI is InChI=1S/C15H17N5S/c1-10(15-11(2)21-12(3)19-15)18-13-6-4-5-7-14(13)20-9-16-8-17-20/h4-10,18H,1-3H3. The summed E-state index contributed by atoms with van der Waals surface area (Å²) in [5.74, 6) is 0. The van der Waals surface area contributed by atoms with Crippen LogP contribution in [0.3, 0.4) is 0 Å². The number of anilines is 1. The number of rotatable bonds is 4. The van der Waals surface area contributed by atoms with Crippen molar-refractivity contribution in [2.45, 2.75) is 26.8 Å². The van der Waals surface area contributed by atoms with Gasteiger partial charge in [-0.3, -0.25) is 0 Å². The largest absolute Gasteiger partial charge is 0.375 e. The molecule has 0 spiro atoms. The van der Waals surface area contributed by atoms with Crippen molar-refractivity contribution in [3.05, 3.63) is 52.5 Å². The minimum Gasteiger partial charge on any atom is -0.375 e. The number of thiazole rings is 1.